The Hall–Kier alpha value is -1.49. The molecule has 2 rings (SSSR count). The molecule has 24 heavy (non-hydrogen) atoms. The Bertz CT molecular complexity index is 602. The van der Waals surface area contributed by atoms with Crippen LogP contribution in [0.15, 0.2) is 23.1 Å². The van der Waals surface area contributed by atoms with Crippen LogP contribution >= 0.6 is 11.8 Å². The van der Waals surface area contributed by atoms with Crippen molar-refractivity contribution in [1.29, 1.82) is 0 Å². The molecule has 1 aromatic carbocycles. The molecule has 1 amide bonds. The molecule has 3 unspecified atom stereocenters. The van der Waals surface area contributed by atoms with Crippen LogP contribution in [-0.4, -0.2) is 22.2 Å². The van der Waals surface area contributed by atoms with E-state index in [-0.39, 0.29) is 17.7 Å². The predicted octanol–water partition coefficient (Wildman–Crippen LogP) is 4.72. The molecule has 1 aromatic rings. The fourth-order valence-corrected chi connectivity index (χ4v) is 4.08. The van der Waals surface area contributed by atoms with Gasteiger partial charge in [-0.25, -0.2) is 0 Å². The number of carbonyl (C=O) groups excluding carboxylic acids is 1. The van der Waals surface area contributed by atoms with E-state index < -0.39 is 5.97 Å². The molecule has 1 aliphatic rings. The van der Waals surface area contributed by atoms with Crippen LogP contribution in [0.1, 0.15) is 51.5 Å². The predicted molar refractivity (Wildman–Crippen MR) is 98.5 cm³/mol. The molecular weight excluding hydrogens is 322 g/mol. The Labute approximate surface area is 148 Å². The SMILES string of the molecule is CCC(C)Sc1ccc(NC(=O)C2CCCC(C(=O)O)C2)c(C)c1. The Morgan fingerprint density at radius 3 is 2.67 bits per heavy atom. The summed E-state index contributed by atoms with van der Waals surface area (Å²) in [6, 6.07) is 6.10. The van der Waals surface area contributed by atoms with Gasteiger partial charge in [0.2, 0.25) is 5.91 Å². The number of carboxylic acid groups (broad SMARTS) is 1. The number of rotatable bonds is 6. The maximum absolute atomic E-state index is 12.5. The lowest BCUT2D eigenvalue weighted by Crippen LogP contribution is -2.31. The van der Waals surface area contributed by atoms with Gasteiger partial charge in [-0.2, -0.15) is 0 Å². The first-order valence-corrected chi connectivity index (χ1v) is 9.59. The lowest BCUT2D eigenvalue weighted by Gasteiger charge is -2.26. The maximum atomic E-state index is 12.5. The van der Waals surface area contributed by atoms with Gasteiger partial charge in [-0.3, -0.25) is 9.59 Å². The van der Waals surface area contributed by atoms with Crippen molar-refractivity contribution in [3.05, 3.63) is 23.8 Å². The van der Waals surface area contributed by atoms with Gasteiger partial charge in [0.25, 0.3) is 0 Å². The third-order valence-corrected chi connectivity index (χ3v) is 6.02. The normalized spacial score (nSPS) is 22.0. The average molecular weight is 349 g/mol. The van der Waals surface area contributed by atoms with Gasteiger partial charge in [-0.1, -0.05) is 20.3 Å². The fourth-order valence-electron chi connectivity index (χ4n) is 3.05. The molecule has 4 nitrogen and oxygen atoms in total. The average Bonchev–Trinajstić information content (AvgIpc) is 2.57. The Morgan fingerprint density at radius 1 is 1.33 bits per heavy atom. The van der Waals surface area contributed by atoms with E-state index in [1.54, 1.807) is 0 Å². The number of nitrogens with one attached hydrogen (secondary N) is 1. The number of hydrogen-bond acceptors (Lipinski definition) is 3. The van der Waals surface area contributed by atoms with E-state index in [1.165, 1.54) is 4.90 Å². The van der Waals surface area contributed by atoms with Crippen LogP contribution in [0, 0.1) is 18.8 Å². The van der Waals surface area contributed by atoms with Crippen molar-refractivity contribution < 1.29 is 14.7 Å². The molecule has 2 N–H and O–H groups in total. The number of hydrogen-bond donors (Lipinski definition) is 2. The Balaban J connectivity index is 1.99. The number of amides is 1. The minimum atomic E-state index is -0.782. The molecule has 0 aliphatic heterocycles. The number of thioether (sulfide) groups is 1. The molecule has 0 heterocycles. The van der Waals surface area contributed by atoms with Crippen LogP contribution in [0.5, 0.6) is 0 Å². The van der Waals surface area contributed by atoms with Crippen molar-refractivity contribution in [3.8, 4) is 0 Å². The van der Waals surface area contributed by atoms with Crippen LogP contribution in [0.4, 0.5) is 5.69 Å². The quantitative estimate of drug-likeness (QED) is 0.730. The summed E-state index contributed by atoms with van der Waals surface area (Å²) in [4.78, 5) is 24.9. The molecule has 0 radical (unpaired) electrons. The topological polar surface area (TPSA) is 66.4 Å². The molecular formula is C19H27NO3S. The van der Waals surface area contributed by atoms with Crippen molar-refractivity contribution in [3.63, 3.8) is 0 Å². The van der Waals surface area contributed by atoms with Gasteiger partial charge in [0.15, 0.2) is 0 Å². The molecule has 0 spiro atoms. The maximum Gasteiger partial charge on any atom is 0.306 e. The van der Waals surface area contributed by atoms with Crippen molar-refractivity contribution in [1.82, 2.24) is 0 Å². The molecule has 5 heteroatoms. The molecule has 0 saturated heterocycles. The molecule has 132 valence electrons. The van der Waals surface area contributed by atoms with Gasteiger partial charge in [-0.05, 0) is 56.4 Å². The lowest BCUT2D eigenvalue weighted by molar-refractivity contribution is -0.143. The summed E-state index contributed by atoms with van der Waals surface area (Å²) in [7, 11) is 0. The second kappa shape index (κ2) is 8.56. The van der Waals surface area contributed by atoms with Crippen LogP contribution in [0.25, 0.3) is 0 Å². The zero-order chi connectivity index (χ0) is 17.7. The van der Waals surface area contributed by atoms with E-state index in [4.69, 9.17) is 5.11 Å². The molecule has 0 aromatic heterocycles. The minimum Gasteiger partial charge on any atom is -0.481 e. The highest BCUT2D eigenvalue weighted by atomic mass is 32.2. The van der Waals surface area contributed by atoms with Crippen LogP contribution in [-0.2, 0) is 9.59 Å². The van der Waals surface area contributed by atoms with Crippen molar-refractivity contribution in [2.45, 2.75) is 63.0 Å². The Kier molecular flexibility index (Phi) is 6.72. The van der Waals surface area contributed by atoms with E-state index in [0.717, 1.165) is 30.5 Å². The summed E-state index contributed by atoms with van der Waals surface area (Å²) >= 11 is 1.84. The van der Waals surface area contributed by atoms with Gasteiger partial charge < -0.3 is 10.4 Å². The number of anilines is 1. The lowest BCUT2D eigenvalue weighted by atomic mass is 9.81. The number of benzene rings is 1. The summed E-state index contributed by atoms with van der Waals surface area (Å²) in [6.45, 7) is 6.38. The van der Waals surface area contributed by atoms with Crippen molar-refractivity contribution in [2.75, 3.05) is 5.32 Å². The zero-order valence-corrected chi connectivity index (χ0v) is 15.5. The third kappa shape index (κ3) is 5.00. The van der Waals surface area contributed by atoms with Gasteiger partial charge >= 0.3 is 5.97 Å². The van der Waals surface area contributed by atoms with Crippen molar-refractivity contribution >= 4 is 29.3 Å². The summed E-state index contributed by atoms with van der Waals surface area (Å²) in [6.07, 6.45) is 3.82. The summed E-state index contributed by atoms with van der Waals surface area (Å²) in [5.41, 5.74) is 1.87. The Morgan fingerprint density at radius 2 is 2.04 bits per heavy atom. The van der Waals surface area contributed by atoms with Crippen molar-refractivity contribution in [2.24, 2.45) is 11.8 Å². The molecule has 3 atom stereocenters. The molecule has 1 fully saturated rings. The van der Waals surface area contributed by atoms with Gasteiger partial charge in [0.05, 0.1) is 5.92 Å². The summed E-state index contributed by atoms with van der Waals surface area (Å²) < 4.78 is 0. The summed E-state index contributed by atoms with van der Waals surface area (Å²) in [5.74, 6) is -1.42. The first-order chi connectivity index (χ1) is 11.4. The number of carbonyl (C=O) groups is 2. The van der Waals surface area contributed by atoms with E-state index in [2.05, 4.69) is 25.2 Å². The van der Waals surface area contributed by atoms with Gasteiger partial charge in [0.1, 0.15) is 0 Å². The number of aliphatic carboxylic acids is 1. The second-order valence-corrected chi connectivity index (χ2v) is 8.21. The first kappa shape index (κ1) is 18.8. The first-order valence-electron chi connectivity index (χ1n) is 8.71. The van der Waals surface area contributed by atoms with Crippen LogP contribution < -0.4 is 5.32 Å². The number of carboxylic acids is 1. The van der Waals surface area contributed by atoms with Crippen LogP contribution in [0.2, 0.25) is 0 Å². The van der Waals surface area contributed by atoms with E-state index in [9.17, 15) is 9.59 Å². The van der Waals surface area contributed by atoms with Gasteiger partial charge in [-0.15, -0.1) is 11.8 Å². The highest BCUT2D eigenvalue weighted by molar-refractivity contribution is 7.99. The highest BCUT2D eigenvalue weighted by Crippen LogP contribution is 2.32. The minimum absolute atomic E-state index is 0.0496. The second-order valence-electron chi connectivity index (χ2n) is 6.70. The zero-order valence-electron chi connectivity index (χ0n) is 14.7. The molecule has 1 saturated carbocycles. The van der Waals surface area contributed by atoms with E-state index in [1.807, 2.05) is 30.8 Å². The monoisotopic (exact) mass is 349 g/mol. The van der Waals surface area contributed by atoms with E-state index >= 15 is 0 Å². The molecule has 0 bridgehead atoms. The van der Waals surface area contributed by atoms with Crippen LogP contribution in [0.3, 0.4) is 0 Å². The fraction of sp³-hybridized carbons (Fsp3) is 0.579. The van der Waals surface area contributed by atoms with Gasteiger partial charge in [0, 0.05) is 21.8 Å². The standard InChI is InChI=1S/C19H27NO3S/c1-4-13(3)24-16-8-9-17(12(2)10-16)20-18(21)14-6-5-7-15(11-14)19(22)23/h8-10,13-15H,4-7,11H2,1-3H3,(H,20,21)(H,22,23). The molecule has 1 aliphatic carbocycles. The smallest absolute Gasteiger partial charge is 0.306 e. The van der Waals surface area contributed by atoms with E-state index in [0.29, 0.717) is 18.1 Å². The number of aryl methyl sites for hydroxylation is 1. The third-order valence-electron chi connectivity index (χ3n) is 4.76. The summed E-state index contributed by atoms with van der Waals surface area (Å²) in [5, 5.41) is 12.7. The highest BCUT2D eigenvalue weighted by Gasteiger charge is 2.31. The largest absolute Gasteiger partial charge is 0.481 e.